The van der Waals surface area contributed by atoms with Crippen LogP contribution in [0, 0.1) is 0 Å². The molecule has 7 nitrogen and oxygen atoms in total. The maximum absolute atomic E-state index is 11.8. The van der Waals surface area contributed by atoms with Crippen molar-refractivity contribution in [2.75, 3.05) is 19.5 Å². The molecular formula is C17H16ClN3O4. The first-order valence-corrected chi connectivity index (χ1v) is 7.53. The van der Waals surface area contributed by atoms with Gasteiger partial charge in [0.25, 0.3) is 0 Å². The highest BCUT2D eigenvalue weighted by molar-refractivity contribution is 6.39. The van der Waals surface area contributed by atoms with E-state index in [-0.39, 0.29) is 0 Å². The van der Waals surface area contributed by atoms with Gasteiger partial charge in [-0.1, -0.05) is 17.7 Å². The summed E-state index contributed by atoms with van der Waals surface area (Å²) in [4.78, 5) is 23.5. The second-order valence-corrected chi connectivity index (χ2v) is 5.21. The number of rotatable bonds is 5. The molecule has 2 N–H and O–H groups in total. The van der Waals surface area contributed by atoms with Crippen LogP contribution in [0.15, 0.2) is 47.6 Å². The summed E-state index contributed by atoms with van der Waals surface area (Å²) in [5.41, 5.74) is 3.22. The van der Waals surface area contributed by atoms with Crippen molar-refractivity contribution >= 4 is 35.3 Å². The fourth-order valence-electron chi connectivity index (χ4n) is 1.90. The largest absolute Gasteiger partial charge is 0.493 e. The van der Waals surface area contributed by atoms with E-state index in [4.69, 9.17) is 21.1 Å². The lowest BCUT2D eigenvalue weighted by Crippen LogP contribution is -2.32. The monoisotopic (exact) mass is 361 g/mol. The van der Waals surface area contributed by atoms with Gasteiger partial charge >= 0.3 is 11.8 Å². The second-order valence-electron chi connectivity index (χ2n) is 4.78. The Hall–Kier alpha value is -3.06. The minimum Gasteiger partial charge on any atom is -0.493 e. The maximum atomic E-state index is 11.8. The van der Waals surface area contributed by atoms with Crippen LogP contribution in [0.5, 0.6) is 11.5 Å². The van der Waals surface area contributed by atoms with E-state index in [0.29, 0.717) is 27.8 Å². The molecule has 130 valence electrons. The van der Waals surface area contributed by atoms with Crippen LogP contribution in [0.25, 0.3) is 0 Å². The summed E-state index contributed by atoms with van der Waals surface area (Å²) in [6.45, 7) is 0. The Balaban J connectivity index is 1.94. The average molecular weight is 362 g/mol. The van der Waals surface area contributed by atoms with Gasteiger partial charge in [-0.3, -0.25) is 9.59 Å². The molecule has 0 aliphatic carbocycles. The molecule has 0 bridgehead atoms. The zero-order valence-corrected chi connectivity index (χ0v) is 14.3. The molecule has 0 spiro atoms. The fourth-order valence-corrected chi connectivity index (χ4v) is 2.09. The van der Waals surface area contributed by atoms with E-state index >= 15 is 0 Å². The Kier molecular flexibility index (Phi) is 6.36. The molecule has 8 heteroatoms. The van der Waals surface area contributed by atoms with Gasteiger partial charge in [0.05, 0.1) is 20.4 Å². The number of hydrogen-bond acceptors (Lipinski definition) is 5. The van der Waals surface area contributed by atoms with Crippen molar-refractivity contribution < 1.29 is 19.1 Å². The first-order valence-electron chi connectivity index (χ1n) is 7.15. The number of carbonyl (C=O) groups is 2. The zero-order chi connectivity index (χ0) is 18.2. The van der Waals surface area contributed by atoms with Crippen molar-refractivity contribution in [1.82, 2.24) is 5.43 Å². The molecule has 25 heavy (non-hydrogen) atoms. The maximum Gasteiger partial charge on any atom is 0.329 e. The predicted molar refractivity (Wildman–Crippen MR) is 95.4 cm³/mol. The Morgan fingerprint density at radius 3 is 2.48 bits per heavy atom. The summed E-state index contributed by atoms with van der Waals surface area (Å²) < 4.78 is 10.3. The Bertz CT molecular complexity index is 808. The van der Waals surface area contributed by atoms with Crippen LogP contribution in [0.2, 0.25) is 5.02 Å². The molecule has 2 rings (SSSR count). The molecule has 0 saturated heterocycles. The van der Waals surface area contributed by atoms with E-state index in [1.807, 2.05) is 0 Å². The van der Waals surface area contributed by atoms with E-state index in [2.05, 4.69) is 15.8 Å². The lowest BCUT2D eigenvalue weighted by molar-refractivity contribution is -0.136. The number of anilines is 1. The van der Waals surface area contributed by atoms with Crippen LogP contribution < -0.4 is 20.2 Å². The van der Waals surface area contributed by atoms with E-state index in [0.717, 1.165) is 0 Å². The van der Waals surface area contributed by atoms with Gasteiger partial charge in [0.2, 0.25) is 0 Å². The highest BCUT2D eigenvalue weighted by Gasteiger charge is 2.13. The van der Waals surface area contributed by atoms with Gasteiger partial charge in [0, 0.05) is 10.7 Å². The van der Waals surface area contributed by atoms with Crippen molar-refractivity contribution in [3.8, 4) is 11.5 Å². The smallest absolute Gasteiger partial charge is 0.329 e. The van der Waals surface area contributed by atoms with E-state index < -0.39 is 11.8 Å². The molecule has 0 unspecified atom stereocenters. The van der Waals surface area contributed by atoms with E-state index in [1.165, 1.54) is 26.5 Å². The molecule has 0 aliphatic heterocycles. The molecule has 2 aromatic rings. The van der Waals surface area contributed by atoms with Crippen LogP contribution >= 0.6 is 11.6 Å². The Morgan fingerprint density at radius 1 is 1.04 bits per heavy atom. The highest BCUT2D eigenvalue weighted by atomic mass is 35.5. The van der Waals surface area contributed by atoms with Crippen LogP contribution in [-0.4, -0.2) is 32.2 Å². The van der Waals surface area contributed by atoms with Gasteiger partial charge in [-0.2, -0.15) is 5.10 Å². The second kappa shape index (κ2) is 8.70. The van der Waals surface area contributed by atoms with Crippen LogP contribution in [0.4, 0.5) is 5.69 Å². The van der Waals surface area contributed by atoms with Crippen molar-refractivity contribution in [2.45, 2.75) is 0 Å². The van der Waals surface area contributed by atoms with Crippen molar-refractivity contribution in [3.05, 3.63) is 53.1 Å². The molecule has 0 radical (unpaired) electrons. The van der Waals surface area contributed by atoms with Gasteiger partial charge in [-0.15, -0.1) is 0 Å². The zero-order valence-electron chi connectivity index (χ0n) is 13.6. The van der Waals surface area contributed by atoms with Gasteiger partial charge in [-0.05, 0) is 42.0 Å². The molecule has 0 fully saturated rings. The number of halogens is 1. The third-order valence-corrected chi connectivity index (χ3v) is 3.31. The summed E-state index contributed by atoms with van der Waals surface area (Å²) in [7, 11) is 3.05. The number of nitrogens with one attached hydrogen (secondary N) is 2. The van der Waals surface area contributed by atoms with Crippen LogP contribution in [0.3, 0.4) is 0 Å². The van der Waals surface area contributed by atoms with Gasteiger partial charge in [-0.25, -0.2) is 5.43 Å². The molecular weight excluding hydrogens is 346 g/mol. The van der Waals surface area contributed by atoms with E-state index in [1.54, 1.807) is 36.4 Å². The Morgan fingerprint density at radius 2 is 1.80 bits per heavy atom. The standard InChI is InChI=1S/C17H16ClN3O4/c1-24-14-7-6-11(8-15(14)25-2)10-19-21-17(23)16(22)20-13-5-3-4-12(18)9-13/h3-10H,1-2H3,(H,20,22)(H,21,23). The Labute approximate surface area is 149 Å². The summed E-state index contributed by atoms with van der Waals surface area (Å²) in [6.07, 6.45) is 1.38. The van der Waals surface area contributed by atoms with Crippen molar-refractivity contribution in [1.29, 1.82) is 0 Å². The minimum atomic E-state index is -0.906. The average Bonchev–Trinajstić information content (AvgIpc) is 2.61. The number of methoxy groups -OCH3 is 2. The first kappa shape index (κ1) is 18.3. The van der Waals surface area contributed by atoms with E-state index in [9.17, 15) is 9.59 Å². The third kappa shape index (κ3) is 5.22. The molecule has 0 heterocycles. The summed E-state index contributed by atoms with van der Waals surface area (Å²) in [5, 5.41) is 6.61. The highest BCUT2D eigenvalue weighted by Crippen LogP contribution is 2.26. The molecule has 2 amide bonds. The normalized spacial score (nSPS) is 10.4. The van der Waals surface area contributed by atoms with Crippen LogP contribution in [0.1, 0.15) is 5.56 Å². The molecule has 0 saturated carbocycles. The summed E-state index contributed by atoms with van der Waals surface area (Å²) in [5.74, 6) is -0.663. The number of nitrogens with zero attached hydrogens (tertiary/aromatic N) is 1. The van der Waals surface area contributed by atoms with Gasteiger partial charge < -0.3 is 14.8 Å². The fraction of sp³-hybridized carbons (Fsp3) is 0.118. The number of carbonyl (C=O) groups excluding carboxylic acids is 2. The summed E-state index contributed by atoms with van der Waals surface area (Å²) >= 11 is 5.81. The topological polar surface area (TPSA) is 89.0 Å². The lowest BCUT2D eigenvalue weighted by atomic mass is 10.2. The minimum absolute atomic E-state index is 0.413. The number of ether oxygens (including phenoxy) is 2. The lowest BCUT2D eigenvalue weighted by Gasteiger charge is -2.07. The first-order chi connectivity index (χ1) is 12.0. The third-order valence-electron chi connectivity index (χ3n) is 3.08. The molecule has 0 atom stereocenters. The predicted octanol–water partition coefficient (Wildman–Crippen LogP) is 2.45. The number of benzene rings is 2. The SMILES string of the molecule is COc1ccc(C=NNC(=O)C(=O)Nc2cccc(Cl)c2)cc1OC. The number of amides is 2. The van der Waals surface area contributed by atoms with Gasteiger partial charge in [0.15, 0.2) is 11.5 Å². The van der Waals surface area contributed by atoms with Crippen molar-refractivity contribution in [3.63, 3.8) is 0 Å². The molecule has 0 aromatic heterocycles. The van der Waals surface area contributed by atoms with Crippen molar-refractivity contribution in [2.24, 2.45) is 5.10 Å². The van der Waals surface area contributed by atoms with Crippen LogP contribution in [-0.2, 0) is 9.59 Å². The number of hydrogen-bond donors (Lipinski definition) is 2. The summed E-state index contributed by atoms with van der Waals surface area (Å²) in [6, 6.07) is 11.6. The molecule has 2 aromatic carbocycles. The quantitative estimate of drug-likeness (QED) is 0.486. The molecule has 0 aliphatic rings. The number of hydrazone groups is 1. The van der Waals surface area contributed by atoms with Gasteiger partial charge in [0.1, 0.15) is 0 Å².